The van der Waals surface area contributed by atoms with Crippen LogP contribution in [0.1, 0.15) is 33.1 Å². The molecule has 3 rings (SSSR count). The van der Waals surface area contributed by atoms with Crippen molar-refractivity contribution >= 4 is 50.7 Å². The molecule has 1 amide bonds. The Morgan fingerprint density at radius 2 is 1.89 bits per heavy atom. The molecule has 9 heteroatoms. The molecular formula is C18H18BrCl2N5O. The van der Waals surface area contributed by atoms with E-state index in [4.69, 9.17) is 23.2 Å². The second kappa shape index (κ2) is 7.66. The number of halogens is 3. The second-order valence-corrected chi connectivity index (χ2v) is 7.90. The van der Waals surface area contributed by atoms with E-state index in [0.29, 0.717) is 32.4 Å². The van der Waals surface area contributed by atoms with Crippen LogP contribution in [0.15, 0.2) is 22.7 Å². The quantitative estimate of drug-likeness (QED) is 0.588. The van der Waals surface area contributed by atoms with Gasteiger partial charge in [0.1, 0.15) is 0 Å². The van der Waals surface area contributed by atoms with Gasteiger partial charge in [0.05, 0.1) is 33.8 Å². The van der Waals surface area contributed by atoms with Crippen LogP contribution >= 0.6 is 39.1 Å². The molecule has 0 aliphatic heterocycles. The van der Waals surface area contributed by atoms with E-state index in [0.717, 1.165) is 22.6 Å². The summed E-state index contributed by atoms with van der Waals surface area (Å²) in [6.45, 7) is 6.11. The summed E-state index contributed by atoms with van der Waals surface area (Å²) in [6, 6.07) is 5.36. The van der Waals surface area contributed by atoms with Gasteiger partial charge in [-0.25, -0.2) is 0 Å². The summed E-state index contributed by atoms with van der Waals surface area (Å²) in [4.78, 5) is 12.7. The molecule has 1 N–H and O–H groups in total. The molecule has 0 aliphatic carbocycles. The SMILES string of the molecule is Cc1nn(Cc2ccc(Cl)cc2Cl)c(C)c1NC(=O)c1nn(C)c(C)c1Br. The van der Waals surface area contributed by atoms with Gasteiger partial charge in [-0.05, 0) is 54.4 Å². The highest BCUT2D eigenvalue weighted by atomic mass is 79.9. The average Bonchev–Trinajstić information content (AvgIpc) is 3.02. The number of anilines is 1. The van der Waals surface area contributed by atoms with E-state index in [1.54, 1.807) is 28.5 Å². The zero-order chi connectivity index (χ0) is 19.9. The topological polar surface area (TPSA) is 64.7 Å². The molecular weight excluding hydrogens is 453 g/mol. The van der Waals surface area contributed by atoms with E-state index in [1.165, 1.54) is 0 Å². The summed E-state index contributed by atoms with van der Waals surface area (Å²) in [5.41, 5.74) is 4.32. The van der Waals surface area contributed by atoms with Gasteiger partial charge in [-0.3, -0.25) is 14.2 Å². The largest absolute Gasteiger partial charge is 0.317 e. The van der Waals surface area contributed by atoms with Gasteiger partial charge in [-0.2, -0.15) is 10.2 Å². The average molecular weight is 471 g/mol. The first-order valence-electron chi connectivity index (χ1n) is 8.17. The fourth-order valence-electron chi connectivity index (χ4n) is 2.74. The van der Waals surface area contributed by atoms with Crippen molar-refractivity contribution < 1.29 is 4.79 Å². The summed E-state index contributed by atoms with van der Waals surface area (Å²) in [5, 5.41) is 12.9. The maximum atomic E-state index is 12.7. The van der Waals surface area contributed by atoms with Crippen molar-refractivity contribution in [2.45, 2.75) is 27.3 Å². The second-order valence-electron chi connectivity index (χ2n) is 6.26. The monoisotopic (exact) mass is 469 g/mol. The van der Waals surface area contributed by atoms with Crippen LogP contribution in [-0.4, -0.2) is 25.5 Å². The molecule has 0 fully saturated rings. The van der Waals surface area contributed by atoms with Crippen molar-refractivity contribution in [3.63, 3.8) is 0 Å². The highest BCUT2D eigenvalue weighted by Crippen LogP contribution is 2.26. The molecule has 0 spiro atoms. The Morgan fingerprint density at radius 1 is 1.19 bits per heavy atom. The molecule has 0 saturated heterocycles. The number of nitrogens with one attached hydrogen (secondary N) is 1. The molecule has 2 aromatic heterocycles. The van der Waals surface area contributed by atoms with Gasteiger partial charge in [-0.1, -0.05) is 29.3 Å². The van der Waals surface area contributed by atoms with Crippen molar-refractivity contribution in [3.05, 3.63) is 61.1 Å². The molecule has 0 bridgehead atoms. The third-order valence-corrected chi connectivity index (χ3v) is 5.97. The van der Waals surface area contributed by atoms with Gasteiger partial charge < -0.3 is 5.32 Å². The van der Waals surface area contributed by atoms with E-state index in [9.17, 15) is 4.79 Å². The maximum Gasteiger partial charge on any atom is 0.277 e. The van der Waals surface area contributed by atoms with Gasteiger partial charge >= 0.3 is 0 Å². The minimum absolute atomic E-state index is 0.291. The van der Waals surface area contributed by atoms with Crippen LogP contribution in [0, 0.1) is 20.8 Å². The first-order chi connectivity index (χ1) is 12.7. The number of hydrogen-bond acceptors (Lipinski definition) is 3. The van der Waals surface area contributed by atoms with Crippen LogP contribution in [0.2, 0.25) is 10.0 Å². The zero-order valence-electron chi connectivity index (χ0n) is 15.3. The first kappa shape index (κ1) is 19.9. The van der Waals surface area contributed by atoms with Gasteiger partial charge in [0.15, 0.2) is 5.69 Å². The maximum absolute atomic E-state index is 12.7. The number of benzene rings is 1. The first-order valence-corrected chi connectivity index (χ1v) is 9.72. The van der Waals surface area contributed by atoms with Crippen molar-refractivity contribution in [1.29, 1.82) is 0 Å². The number of aryl methyl sites for hydroxylation is 2. The summed E-state index contributed by atoms with van der Waals surface area (Å²) in [7, 11) is 1.79. The standard InChI is InChI=1S/C18H18BrCl2N5O/c1-9-16(22-18(27)17-15(19)10(2)25(4)24-17)11(3)26(23-9)8-12-5-6-13(20)7-14(12)21/h5-7H,8H2,1-4H3,(H,22,27). The number of rotatable bonds is 4. The molecule has 0 saturated carbocycles. The van der Waals surface area contributed by atoms with Crippen LogP contribution < -0.4 is 5.32 Å². The van der Waals surface area contributed by atoms with Crippen molar-refractivity contribution in [2.75, 3.05) is 5.32 Å². The van der Waals surface area contributed by atoms with Crippen LogP contribution in [0.4, 0.5) is 5.69 Å². The smallest absolute Gasteiger partial charge is 0.277 e. The van der Waals surface area contributed by atoms with Gasteiger partial charge in [0.2, 0.25) is 0 Å². The minimum atomic E-state index is -0.291. The Kier molecular flexibility index (Phi) is 5.65. The fourth-order valence-corrected chi connectivity index (χ4v) is 3.73. The lowest BCUT2D eigenvalue weighted by molar-refractivity contribution is 0.102. The summed E-state index contributed by atoms with van der Waals surface area (Å²) in [5.74, 6) is -0.291. The van der Waals surface area contributed by atoms with E-state index in [-0.39, 0.29) is 5.91 Å². The van der Waals surface area contributed by atoms with Crippen LogP contribution in [0.5, 0.6) is 0 Å². The summed E-state index contributed by atoms with van der Waals surface area (Å²) in [6.07, 6.45) is 0. The highest BCUT2D eigenvalue weighted by molar-refractivity contribution is 9.10. The lowest BCUT2D eigenvalue weighted by Gasteiger charge is -2.08. The van der Waals surface area contributed by atoms with Crippen LogP contribution in [0.25, 0.3) is 0 Å². The minimum Gasteiger partial charge on any atom is -0.317 e. The van der Waals surface area contributed by atoms with E-state index in [2.05, 4.69) is 31.4 Å². The molecule has 142 valence electrons. The fraction of sp³-hybridized carbons (Fsp3) is 0.278. The highest BCUT2D eigenvalue weighted by Gasteiger charge is 2.21. The lowest BCUT2D eigenvalue weighted by Crippen LogP contribution is -2.15. The number of carbonyl (C=O) groups excluding carboxylic acids is 1. The lowest BCUT2D eigenvalue weighted by atomic mass is 10.2. The van der Waals surface area contributed by atoms with E-state index < -0.39 is 0 Å². The Balaban J connectivity index is 1.87. The number of carbonyl (C=O) groups is 1. The molecule has 2 heterocycles. The molecule has 27 heavy (non-hydrogen) atoms. The van der Waals surface area contributed by atoms with E-state index in [1.807, 2.05) is 26.8 Å². The molecule has 1 aromatic carbocycles. The van der Waals surface area contributed by atoms with Crippen molar-refractivity contribution in [2.24, 2.45) is 7.05 Å². The predicted octanol–water partition coefficient (Wildman–Crippen LogP) is 4.91. The molecule has 0 radical (unpaired) electrons. The zero-order valence-corrected chi connectivity index (χ0v) is 18.4. The predicted molar refractivity (Wildman–Crippen MR) is 111 cm³/mol. The normalized spacial score (nSPS) is 11.1. The number of aromatic nitrogens is 4. The Morgan fingerprint density at radius 3 is 2.48 bits per heavy atom. The summed E-state index contributed by atoms with van der Waals surface area (Å²) < 4.78 is 4.14. The Labute approximate surface area is 175 Å². The Hall–Kier alpha value is -1.83. The molecule has 6 nitrogen and oxygen atoms in total. The van der Waals surface area contributed by atoms with E-state index >= 15 is 0 Å². The molecule has 0 aliphatic rings. The number of amides is 1. The van der Waals surface area contributed by atoms with Crippen LogP contribution in [-0.2, 0) is 13.6 Å². The van der Waals surface area contributed by atoms with Gasteiger partial charge in [0.25, 0.3) is 5.91 Å². The summed E-state index contributed by atoms with van der Waals surface area (Å²) >= 11 is 15.6. The Bertz CT molecular complexity index is 1040. The molecule has 3 aromatic rings. The molecule has 0 unspecified atom stereocenters. The van der Waals surface area contributed by atoms with Crippen LogP contribution in [0.3, 0.4) is 0 Å². The van der Waals surface area contributed by atoms with Crippen molar-refractivity contribution in [3.8, 4) is 0 Å². The van der Waals surface area contributed by atoms with Gasteiger partial charge in [0, 0.05) is 17.1 Å². The number of nitrogens with zero attached hydrogens (tertiary/aromatic N) is 4. The molecule has 0 atom stereocenters. The van der Waals surface area contributed by atoms with Gasteiger partial charge in [-0.15, -0.1) is 0 Å². The third kappa shape index (κ3) is 3.90. The third-order valence-electron chi connectivity index (χ3n) is 4.43. The van der Waals surface area contributed by atoms with Crippen molar-refractivity contribution in [1.82, 2.24) is 19.6 Å². The number of hydrogen-bond donors (Lipinski definition) is 1.